The smallest absolute Gasteiger partial charge is 0.306 e. The van der Waals surface area contributed by atoms with E-state index in [0.717, 1.165) is 45.1 Å². The summed E-state index contributed by atoms with van der Waals surface area (Å²) in [5, 5.41) is 8.86. The Kier molecular flexibility index (Phi) is 31.5. The highest BCUT2D eigenvalue weighted by Crippen LogP contribution is 2.18. The summed E-state index contributed by atoms with van der Waals surface area (Å²) in [5.41, 5.74) is 0. The van der Waals surface area contributed by atoms with Crippen molar-refractivity contribution in [3.8, 4) is 0 Å². The third-order valence-corrected chi connectivity index (χ3v) is 7.70. The molecule has 0 saturated carbocycles. The molecule has 0 rings (SSSR count). The van der Waals surface area contributed by atoms with E-state index >= 15 is 0 Å². The first-order valence-electron chi connectivity index (χ1n) is 17.3. The largest absolute Gasteiger partial charge is 0.462 e. The van der Waals surface area contributed by atoms with Crippen LogP contribution in [0.5, 0.6) is 0 Å². The van der Waals surface area contributed by atoms with E-state index < -0.39 is 0 Å². The van der Waals surface area contributed by atoms with E-state index in [0.29, 0.717) is 13.0 Å². The van der Waals surface area contributed by atoms with E-state index in [9.17, 15) is 4.79 Å². The Hall–Kier alpha value is -1.13. The van der Waals surface area contributed by atoms with Gasteiger partial charge in [0.1, 0.15) is 6.10 Å². The van der Waals surface area contributed by atoms with Crippen molar-refractivity contribution < 1.29 is 14.6 Å². The molecule has 0 aromatic rings. The van der Waals surface area contributed by atoms with E-state index in [1.54, 1.807) is 0 Å². The van der Waals surface area contributed by atoms with Gasteiger partial charge < -0.3 is 14.7 Å². The Morgan fingerprint density at radius 1 is 0.650 bits per heavy atom. The molecule has 0 fully saturated rings. The highest BCUT2D eigenvalue weighted by molar-refractivity contribution is 5.69. The number of nitrogens with zero attached hydrogens (tertiary/aromatic N) is 1. The summed E-state index contributed by atoms with van der Waals surface area (Å²) in [7, 11) is 4.10. The Labute approximate surface area is 250 Å². The summed E-state index contributed by atoms with van der Waals surface area (Å²) in [6.07, 6.45) is 39.0. The lowest BCUT2D eigenvalue weighted by atomic mass is 10.0. The lowest BCUT2D eigenvalue weighted by Gasteiger charge is -2.18. The van der Waals surface area contributed by atoms with E-state index in [-0.39, 0.29) is 12.1 Å². The van der Waals surface area contributed by atoms with Crippen molar-refractivity contribution in [2.75, 3.05) is 27.2 Å². The number of aliphatic hydroxyl groups excluding tert-OH is 1. The minimum absolute atomic E-state index is 0.00484. The molecule has 4 nitrogen and oxygen atoms in total. The van der Waals surface area contributed by atoms with Gasteiger partial charge in [0.2, 0.25) is 0 Å². The second kappa shape index (κ2) is 32.4. The predicted octanol–water partition coefficient (Wildman–Crippen LogP) is 10.3. The number of rotatable bonds is 31. The Balaban J connectivity index is 3.97. The van der Waals surface area contributed by atoms with Crippen LogP contribution in [0.2, 0.25) is 0 Å². The Morgan fingerprint density at radius 2 is 1.12 bits per heavy atom. The van der Waals surface area contributed by atoms with Crippen LogP contribution in [0, 0.1) is 0 Å². The fourth-order valence-corrected chi connectivity index (χ4v) is 5.13. The van der Waals surface area contributed by atoms with Crippen LogP contribution in [-0.4, -0.2) is 49.3 Å². The zero-order valence-electron chi connectivity index (χ0n) is 27.2. The van der Waals surface area contributed by atoms with Gasteiger partial charge >= 0.3 is 5.97 Å². The Bertz CT molecular complexity index is 572. The van der Waals surface area contributed by atoms with E-state index in [1.165, 1.54) is 116 Å². The molecule has 236 valence electrons. The van der Waals surface area contributed by atoms with Crippen LogP contribution in [0.1, 0.15) is 167 Å². The molecule has 0 aliphatic rings. The maximum absolute atomic E-state index is 12.4. The number of aliphatic hydroxyl groups is 1. The van der Waals surface area contributed by atoms with Crippen LogP contribution in [0.3, 0.4) is 0 Å². The number of carbonyl (C=O) groups is 1. The average molecular weight is 564 g/mol. The molecule has 0 aromatic carbocycles. The van der Waals surface area contributed by atoms with Gasteiger partial charge in [0, 0.05) is 13.0 Å². The molecule has 40 heavy (non-hydrogen) atoms. The number of unbranched alkanes of at least 4 members (excludes halogenated alkanes) is 17. The molecular formula is C36H69NO3. The van der Waals surface area contributed by atoms with Crippen molar-refractivity contribution in [2.45, 2.75) is 174 Å². The minimum Gasteiger partial charge on any atom is -0.462 e. The monoisotopic (exact) mass is 564 g/mol. The van der Waals surface area contributed by atoms with Crippen LogP contribution < -0.4 is 0 Å². The number of hydrogen-bond acceptors (Lipinski definition) is 4. The van der Waals surface area contributed by atoms with Crippen LogP contribution in [0.25, 0.3) is 0 Å². The summed E-state index contributed by atoms with van der Waals surface area (Å²) in [6, 6.07) is 0. The summed E-state index contributed by atoms with van der Waals surface area (Å²) >= 11 is 0. The first-order chi connectivity index (χ1) is 19.6. The third-order valence-electron chi connectivity index (χ3n) is 7.70. The molecule has 0 aromatic heterocycles. The first-order valence-corrected chi connectivity index (χ1v) is 17.3. The summed E-state index contributed by atoms with van der Waals surface area (Å²) in [6.45, 7) is 3.52. The maximum atomic E-state index is 12.4. The zero-order chi connectivity index (χ0) is 29.4. The topological polar surface area (TPSA) is 49.8 Å². The van der Waals surface area contributed by atoms with Gasteiger partial charge in [-0.15, -0.1) is 0 Å². The third kappa shape index (κ3) is 31.4. The van der Waals surface area contributed by atoms with Crippen molar-refractivity contribution in [1.29, 1.82) is 0 Å². The van der Waals surface area contributed by atoms with Gasteiger partial charge in [-0.3, -0.25) is 4.79 Å². The van der Waals surface area contributed by atoms with Crippen LogP contribution >= 0.6 is 0 Å². The first kappa shape index (κ1) is 38.9. The molecule has 0 saturated heterocycles. The van der Waals surface area contributed by atoms with Gasteiger partial charge in [-0.2, -0.15) is 0 Å². The number of esters is 1. The van der Waals surface area contributed by atoms with Crippen LogP contribution in [-0.2, 0) is 9.53 Å². The SMILES string of the molecule is CCCCC/C=C\C/C=C\CCCCCCCCC(CCCCCCCCCCCO)OC(=O)CCCN(C)C. The molecular weight excluding hydrogens is 494 g/mol. The minimum atomic E-state index is -0.00484. The maximum Gasteiger partial charge on any atom is 0.306 e. The van der Waals surface area contributed by atoms with Gasteiger partial charge in [0.25, 0.3) is 0 Å². The van der Waals surface area contributed by atoms with E-state index in [2.05, 4.69) is 50.2 Å². The standard InChI is InChI=1S/C36H69NO3/c1-4-5-6-7-8-9-10-11-12-13-14-15-17-20-23-26-30-35(40-36(39)32-29-33-37(2)3)31-27-24-21-18-16-19-22-25-28-34-38/h8-9,11-12,35,38H,4-7,10,13-34H2,1-3H3/b9-8-,12-11-. The second-order valence-electron chi connectivity index (χ2n) is 12.1. The van der Waals surface area contributed by atoms with Crippen molar-refractivity contribution in [2.24, 2.45) is 0 Å². The zero-order valence-corrected chi connectivity index (χ0v) is 27.2. The molecule has 0 heterocycles. The average Bonchev–Trinajstić information content (AvgIpc) is 2.93. The van der Waals surface area contributed by atoms with Gasteiger partial charge in [-0.05, 0) is 91.3 Å². The van der Waals surface area contributed by atoms with Gasteiger partial charge in [-0.1, -0.05) is 115 Å². The molecule has 0 amide bonds. The highest BCUT2D eigenvalue weighted by atomic mass is 16.5. The predicted molar refractivity (Wildman–Crippen MR) is 175 cm³/mol. The van der Waals surface area contributed by atoms with Crippen molar-refractivity contribution in [3.05, 3.63) is 24.3 Å². The van der Waals surface area contributed by atoms with Gasteiger partial charge in [-0.25, -0.2) is 0 Å². The summed E-state index contributed by atoms with van der Waals surface area (Å²) in [4.78, 5) is 14.5. The number of carbonyl (C=O) groups excluding carboxylic acids is 1. The van der Waals surface area contributed by atoms with Crippen molar-refractivity contribution in [3.63, 3.8) is 0 Å². The van der Waals surface area contributed by atoms with Gasteiger partial charge in [0.05, 0.1) is 0 Å². The van der Waals surface area contributed by atoms with Gasteiger partial charge in [0.15, 0.2) is 0 Å². The van der Waals surface area contributed by atoms with Crippen molar-refractivity contribution >= 4 is 5.97 Å². The van der Waals surface area contributed by atoms with Crippen LogP contribution in [0.4, 0.5) is 0 Å². The number of ether oxygens (including phenoxy) is 1. The lowest BCUT2D eigenvalue weighted by Crippen LogP contribution is -2.20. The summed E-state index contributed by atoms with van der Waals surface area (Å²) < 4.78 is 5.95. The molecule has 4 heteroatoms. The van der Waals surface area contributed by atoms with E-state index in [4.69, 9.17) is 9.84 Å². The quantitative estimate of drug-likeness (QED) is 0.0518. The normalized spacial score (nSPS) is 12.7. The molecule has 1 atom stereocenters. The number of allylic oxidation sites excluding steroid dienone is 4. The van der Waals surface area contributed by atoms with Crippen molar-refractivity contribution in [1.82, 2.24) is 4.90 Å². The fourth-order valence-electron chi connectivity index (χ4n) is 5.13. The number of hydrogen-bond donors (Lipinski definition) is 1. The highest BCUT2D eigenvalue weighted by Gasteiger charge is 2.14. The fraction of sp³-hybridized carbons (Fsp3) is 0.861. The molecule has 1 N–H and O–H groups in total. The summed E-state index contributed by atoms with van der Waals surface area (Å²) in [5.74, 6) is -0.00484. The molecule has 0 radical (unpaired) electrons. The lowest BCUT2D eigenvalue weighted by molar-refractivity contribution is -0.150. The Morgan fingerprint density at radius 3 is 1.62 bits per heavy atom. The molecule has 0 bridgehead atoms. The molecule has 0 spiro atoms. The second-order valence-corrected chi connectivity index (χ2v) is 12.1. The molecule has 1 unspecified atom stereocenters. The molecule has 0 aliphatic heterocycles. The van der Waals surface area contributed by atoms with Crippen LogP contribution in [0.15, 0.2) is 24.3 Å². The molecule has 0 aliphatic carbocycles. The van der Waals surface area contributed by atoms with E-state index in [1.807, 2.05) is 0 Å².